The minimum Gasteiger partial charge on any atom is -0.495 e. The molecule has 3 nitrogen and oxygen atoms in total. The lowest BCUT2D eigenvalue weighted by molar-refractivity contribution is 0.411. The molecule has 0 amide bonds. The van der Waals surface area contributed by atoms with Crippen LogP contribution in [0.1, 0.15) is 37.7 Å². The predicted molar refractivity (Wildman–Crippen MR) is 64.8 cm³/mol. The van der Waals surface area contributed by atoms with E-state index >= 15 is 0 Å². The van der Waals surface area contributed by atoms with Crippen LogP contribution < -0.4 is 10.1 Å². The summed E-state index contributed by atoms with van der Waals surface area (Å²) < 4.78 is 5.21. The van der Waals surface area contributed by atoms with E-state index in [4.69, 9.17) is 4.74 Å². The van der Waals surface area contributed by atoms with Gasteiger partial charge in [0.2, 0.25) is 0 Å². The van der Waals surface area contributed by atoms with Crippen LogP contribution in [0.25, 0.3) is 0 Å². The number of methoxy groups -OCH3 is 1. The maximum atomic E-state index is 5.21. The Morgan fingerprint density at radius 2 is 2.31 bits per heavy atom. The summed E-state index contributed by atoms with van der Waals surface area (Å²) in [5.41, 5.74) is 1.32. The Morgan fingerprint density at radius 3 is 3.06 bits per heavy atom. The number of pyridine rings is 1. The van der Waals surface area contributed by atoms with E-state index in [-0.39, 0.29) is 0 Å². The van der Waals surface area contributed by atoms with Crippen LogP contribution in [-0.4, -0.2) is 24.7 Å². The number of rotatable bonds is 4. The Balaban J connectivity index is 2.02. The summed E-state index contributed by atoms with van der Waals surface area (Å²) in [7, 11) is 1.69. The van der Waals surface area contributed by atoms with E-state index in [1.54, 1.807) is 13.3 Å². The number of hydrogen-bond acceptors (Lipinski definition) is 3. The van der Waals surface area contributed by atoms with E-state index in [2.05, 4.69) is 23.3 Å². The van der Waals surface area contributed by atoms with Gasteiger partial charge in [0.1, 0.15) is 5.75 Å². The summed E-state index contributed by atoms with van der Waals surface area (Å²) in [6.07, 6.45) is 7.49. The average Bonchev–Trinajstić information content (AvgIpc) is 2.78. The number of ether oxygens (including phenoxy) is 1. The van der Waals surface area contributed by atoms with Gasteiger partial charge in [-0.3, -0.25) is 4.98 Å². The molecule has 0 saturated heterocycles. The molecule has 1 saturated carbocycles. The third-order valence-corrected chi connectivity index (χ3v) is 3.37. The van der Waals surface area contributed by atoms with Crippen molar-refractivity contribution >= 4 is 0 Å². The van der Waals surface area contributed by atoms with Crippen LogP contribution in [0.3, 0.4) is 0 Å². The van der Waals surface area contributed by atoms with E-state index in [0.717, 1.165) is 12.3 Å². The highest BCUT2D eigenvalue weighted by atomic mass is 16.5. The van der Waals surface area contributed by atoms with Gasteiger partial charge in [-0.05, 0) is 43.4 Å². The summed E-state index contributed by atoms with van der Waals surface area (Å²) >= 11 is 0. The minimum atomic E-state index is 0.645. The van der Waals surface area contributed by atoms with Crippen LogP contribution >= 0.6 is 0 Å². The number of aromatic nitrogens is 1. The second-order valence-corrected chi connectivity index (χ2v) is 4.42. The van der Waals surface area contributed by atoms with Crippen molar-refractivity contribution in [2.24, 2.45) is 0 Å². The first kappa shape index (κ1) is 11.4. The monoisotopic (exact) mass is 220 g/mol. The molecule has 16 heavy (non-hydrogen) atoms. The molecule has 2 atom stereocenters. The second-order valence-electron chi connectivity index (χ2n) is 4.42. The average molecular weight is 220 g/mol. The highest BCUT2D eigenvalue weighted by Gasteiger charge is 2.25. The van der Waals surface area contributed by atoms with Crippen molar-refractivity contribution in [3.63, 3.8) is 0 Å². The fraction of sp³-hybridized carbons (Fsp3) is 0.615. The first-order valence-corrected chi connectivity index (χ1v) is 6.05. The molecule has 0 bridgehead atoms. The summed E-state index contributed by atoms with van der Waals surface area (Å²) in [6.45, 7) is 3.23. The van der Waals surface area contributed by atoms with Crippen molar-refractivity contribution in [1.29, 1.82) is 0 Å². The van der Waals surface area contributed by atoms with Crippen molar-refractivity contribution in [2.75, 3.05) is 13.7 Å². The zero-order chi connectivity index (χ0) is 11.4. The zero-order valence-electron chi connectivity index (χ0n) is 10.1. The molecule has 2 rings (SSSR count). The third-order valence-electron chi connectivity index (χ3n) is 3.37. The standard InChI is InChI=1S/C13H20N2O/c1-3-15-12-5-4-10(6-12)11-7-13(16-2)9-14-8-11/h7-10,12,15H,3-6H2,1-2H3. The molecule has 1 aromatic heterocycles. The molecule has 2 unspecified atom stereocenters. The Bertz CT molecular complexity index is 340. The van der Waals surface area contributed by atoms with Gasteiger partial charge in [-0.15, -0.1) is 0 Å². The maximum Gasteiger partial charge on any atom is 0.137 e. The molecule has 1 aliphatic carbocycles. The molecule has 1 fully saturated rings. The van der Waals surface area contributed by atoms with Gasteiger partial charge in [-0.1, -0.05) is 6.92 Å². The molecule has 1 aromatic rings. The molecule has 1 N–H and O–H groups in total. The zero-order valence-corrected chi connectivity index (χ0v) is 10.1. The quantitative estimate of drug-likeness (QED) is 0.845. The topological polar surface area (TPSA) is 34.2 Å². The number of nitrogens with one attached hydrogen (secondary N) is 1. The Kier molecular flexibility index (Phi) is 3.78. The molecular formula is C13H20N2O. The van der Waals surface area contributed by atoms with E-state index in [1.807, 2.05) is 6.20 Å². The van der Waals surface area contributed by atoms with Gasteiger partial charge in [0.05, 0.1) is 13.3 Å². The summed E-state index contributed by atoms with van der Waals surface area (Å²) in [6, 6.07) is 2.80. The van der Waals surface area contributed by atoms with Gasteiger partial charge in [0.15, 0.2) is 0 Å². The normalized spacial score (nSPS) is 24.6. The Labute approximate surface area is 97.2 Å². The first-order valence-electron chi connectivity index (χ1n) is 6.05. The van der Waals surface area contributed by atoms with E-state index < -0.39 is 0 Å². The highest BCUT2D eigenvalue weighted by Crippen LogP contribution is 2.35. The predicted octanol–water partition coefficient (Wildman–Crippen LogP) is 2.34. The van der Waals surface area contributed by atoms with Crippen LogP contribution in [-0.2, 0) is 0 Å². The number of hydrogen-bond donors (Lipinski definition) is 1. The molecule has 0 aliphatic heterocycles. The second kappa shape index (κ2) is 5.30. The molecule has 1 aliphatic rings. The summed E-state index contributed by atoms with van der Waals surface area (Å²) in [5, 5.41) is 3.52. The van der Waals surface area contributed by atoms with Gasteiger partial charge in [0.25, 0.3) is 0 Å². The van der Waals surface area contributed by atoms with Crippen molar-refractivity contribution in [3.05, 3.63) is 24.0 Å². The van der Waals surface area contributed by atoms with Gasteiger partial charge >= 0.3 is 0 Å². The largest absolute Gasteiger partial charge is 0.495 e. The lowest BCUT2D eigenvalue weighted by Crippen LogP contribution is -2.25. The van der Waals surface area contributed by atoms with Crippen molar-refractivity contribution in [3.8, 4) is 5.75 Å². The fourth-order valence-corrected chi connectivity index (χ4v) is 2.53. The van der Waals surface area contributed by atoms with Gasteiger partial charge in [-0.2, -0.15) is 0 Å². The van der Waals surface area contributed by atoms with Gasteiger partial charge in [-0.25, -0.2) is 0 Å². The summed E-state index contributed by atoms with van der Waals surface area (Å²) in [4.78, 5) is 4.23. The molecule has 3 heteroatoms. The van der Waals surface area contributed by atoms with Crippen molar-refractivity contribution < 1.29 is 4.74 Å². The van der Waals surface area contributed by atoms with Crippen molar-refractivity contribution in [1.82, 2.24) is 10.3 Å². The van der Waals surface area contributed by atoms with Crippen LogP contribution in [0.15, 0.2) is 18.5 Å². The third kappa shape index (κ3) is 2.53. The van der Waals surface area contributed by atoms with Gasteiger partial charge < -0.3 is 10.1 Å². The number of nitrogens with zero attached hydrogens (tertiary/aromatic N) is 1. The van der Waals surface area contributed by atoms with Crippen LogP contribution in [0.2, 0.25) is 0 Å². The smallest absolute Gasteiger partial charge is 0.137 e. The SMILES string of the molecule is CCNC1CCC(c2cncc(OC)c2)C1. The fourth-order valence-electron chi connectivity index (χ4n) is 2.53. The molecule has 0 aromatic carbocycles. The highest BCUT2D eigenvalue weighted by molar-refractivity contribution is 5.27. The Morgan fingerprint density at radius 1 is 1.44 bits per heavy atom. The maximum absolute atomic E-state index is 5.21. The lowest BCUT2D eigenvalue weighted by Gasteiger charge is -2.12. The first-order chi connectivity index (χ1) is 7.83. The van der Waals surface area contributed by atoms with Crippen LogP contribution in [0, 0.1) is 0 Å². The lowest BCUT2D eigenvalue weighted by atomic mass is 9.99. The van der Waals surface area contributed by atoms with Crippen LogP contribution in [0.4, 0.5) is 0 Å². The molecular weight excluding hydrogens is 200 g/mol. The van der Waals surface area contributed by atoms with E-state index in [9.17, 15) is 0 Å². The molecule has 1 heterocycles. The molecule has 0 spiro atoms. The molecule has 0 radical (unpaired) electrons. The summed E-state index contributed by atoms with van der Waals surface area (Å²) in [5.74, 6) is 1.51. The van der Waals surface area contributed by atoms with E-state index in [0.29, 0.717) is 12.0 Å². The van der Waals surface area contributed by atoms with Crippen molar-refractivity contribution in [2.45, 2.75) is 38.1 Å². The Hall–Kier alpha value is -1.09. The van der Waals surface area contributed by atoms with E-state index in [1.165, 1.54) is 24.8 Å². The van der Waals surface area contributed by atoms with Gasteiger partial charge in [0, 0.05) is 12.2 Å². The molecule has 88 valence electrons. The van der Waals surface area contributed by atoms with Crippen LogP contribution in [0.5, 0.6) is 5.75 Å². The minimum absolute atomic E-state index is 0.645.